The predicted octanol–water partition coefficient (Wildman–Crippen LogP) is 2.37. The van der Waals surface area contributed by atoms with Gasteiger partial charge in [-0.15, -0.1) is 0 Å². The lowest BCUT2D eigenvalue weighted by Crippen LogP contribution is -2.03. The first-order chi connectivity index (χ1) is 8.74. The van der Waals surface area contributed by atoms with Crippen molar-refractivity contribution in [2.75, 3.05) is 5.73 Å². The third kappa shape index (κ3) is 1.82. The van der Waals surface area contributed by atoms with Gasteiger partial charge in [-0.3, -0.25) is 9.67 Å². The highest BCUT2D eigenvalue weighted by Crippen LogP contribution is 2.20. The van der Waals surface area contributed by atoms with Gasteiger partial charge in [0.15, 0.2) is 0 Å². The maximum absolute atomic E-state index is 5.92. The van der Waals surface area contributed by atoms with Crippen molar-refractivity contribution in [1.82, 2.24) is 14.8 Å². The summed E-state index contributed by atoms with van der Waals surface area (Å²) in [5.74, 6) is 0. The molecule has 0 unspecified atom stereocenters. The Morgan fingerprint density at radius 2 is 2.00 bits per heavy atom. The molecule has 3 aromatic rings. The number of hydrogen-bond acceptors (Lipinski definition) is 3. The standard InChI is InChI=1S/C14H14N4/c1-10-4-2-5-11(17-10)9-18-14-7-3-6-13(15)12(14)8-16-18/h2-8H,9,15H2,1H3. The van der Waals surface area contributed by atoms with E-state index in [1.807, 2.05) is 48.0 Å². The zero-order valence-corrected chi connectivity index (χ0v) is 10.2. The van der Waals surface area contributed by atoms with Crippen molar-refractivity contribution >= 4 is 16.6 Å². The van der Waals surface area contributed by atoms with Crippen LogP contribution in [0.3, 0.4) is 0 Å². The van der Waals surface area contributed by atoms with E-state index >= 15 is 0 Å². The van der Waals surface area contributed by atoms with Gasteiger partial charge in [-0.05, 0) is 31.2 Å². The second kappa shape index (κ2) is 4.14. The van der Waals surface area contributed by atoms with Gasteiger partial charge in [-0.25, -0.2) is 0 Å². The van der Waals surface area contributed by atoms with Crippen LogP contribution < -0.4 is 5.73 Å². The molecule has 4 nitrogen and oxygen atoms in total. The minimum absolute atomic E-state index is 0.661. The number of pyridine rings is 1. The largest absolute Gasteiger partial charge is 0.398 e. The fraction of sp³-hybridized carbons (Fsp3) is 0.143. The molecule has 0 fully saturated rings. The summed E-state index contributed by atoms with van der Waals surface area (Å²) in [6.07, 6.45) is 1.81. The topological polar surface area (TPSA) is 56.7 Å². The van der Waals surface area contributed by atoms with Crippen molar-refractivity contribution in [3.63, 3.8) is 0 Å². The van der Waals surface area contributed by atoms with Crippen LogP contribution in [0.15, 0.2) is 42.6 Å². The lowest BCUT2D eigenvalue weighted by Gasteiger charge is -2.04. The summed E-state index contributed by atoms with van der Waals surface area (Å²) in [5, 5.41) is 5.37. The number of anilines is 1. The molecular formula is C14H14N4. The quantitative estimate of drug-likeness (QED) is 0.697. The number of rotatable bonds is 2. The maximum Gasteiger partial charge on any atom is 0.0838 e. The second-order valence-electron chi connectivity index (χ2n) is 4.35. The summed E-state index contributed by atoms with van der Waals surface area (Å²) in [6.45, 7) is 2.65. The maximum atomic E-state index is 5.92. The summed E-state index contributed by atoms with van der Waals surface area (Å²) in [4.78, 5) is 4.49. The zero-order chi connectivity index (χ0) is 12.5. The Balaban J connectivity index is 2.03. The number of nitrogen functional groups attached to an aromatic ring is 1. The van der Waals surface area contributed by atoms with Gasteiger partial charge in [-0.1, -0.05) is 12.1 Å². The van der Waals surface area contributed by atoms with Gasteiger partial charge >= 0.3 is 0 Å². The molecule has 0 aliphatic rings. The van der Waals surface area contributed by atoms with Crippen LogP contribution in [-0.2, 0) is 6.54 Å². The van der Waals surface area contributed by atoms with Gasteiger partial charge < -0.3 is 5.73 Å². The molecule has 90 valence electrons. The number of aromatic nitrogens is 3. The normalized spacial score (nSPS) is 10.9. The van der Waals surface area contributed by atoms with Gasteiger partial charge in [0.05, 0.1) is 24.0 Å². The van der Waals surface area contributed by atoms with E-state index in [2.05, 4.69) is 10.1 Å². The third-order valence-electron chi connectivity index (χ3n) is 2.98. The van der Waals surface area contributed by atoms with Crippen LogP contribution in [0.25, 0.3) is 10.9 Å². The summed E-state index contributed by atoms with van der Waals surface area (Å²) < 4.78 is 1.92. The molecule has 0 radical (unpaired) electrons. The number of fused-ring (bicyclic) bond motifs is 1. The van der Waals surface area contributed by atoms with E-state index in [-0.39, 0.29) is 0 Å². The molecule has 4 heteroatoms. The highest BCUT2D eigenvalue weighted by molar-refractivity contribution is 5.90. The van der Waals surface area contributed by atoms with E-state index in [4.69, 9.17) is 5.73 Å². The van der Waals surface area contributed by atoms with Gasteiger partial charge in [0.2, 0.25) is 0 Å². The van der Waals surface area contributed by atoms with Gasteiger partial charge in [0, 0.05) is 16.8 Å². The van der Waals surface area contributed by atoms with Gasteiger partial charge in [0.1, 0.15) is 0 Å². The summed E-state index contributed by atoms with van der Waals surface area (Å²) in [6, 6.07) is 11.9. The Labute approximate surface area is 105 Å². The highest BCUT2D eigenvalue weighted by Gasteiger charge is 2.05. The predicted molar refractivity (Wildman–Crippen MR) is 72.2 cm³/mol. The van der Waals surface area contributed by atoms with Crippen LogP contribution in [0.5, 0.6) is 0 Å². The average Bonchev–Trinajstić information content (AvgIpc) is 2.74. The van der Waals surface area contributed by atoms with Crippen molar-refractivity contribution in [2.24, 2.45) is 0 Å². The van der Waals surface area contributed by atoms with E-state index in [9.17, 15) is 0 Å². The minimum atomic E-state index is 0.661. The molecular weight excluding hydrogens is 224 g/mol. The third-order valence-corrected chi connectivity index (χ3v) is 2.98. The SMILES string of the molecule is Cc1cccc(Cn2ncc3c(N)cccc32)n1. The molecule has 0 amide bonds. The van der Waals surface area contributed by atoms with Crippen molar-refractivity contribution in [3.8, 4) is 0 Å². The molecule has 0 spiro atoms. The number of hydrogen-bond donors (Lipinski definition) is 1. The fourth-order valence-electron chi connectivity index (χ4n) is 2.09. The molecule has 18 heavy (non-hydrogen) atoms. The van der Waals surface area contributed by atoms with E-state index < -0.39 is 0 Å². The molecule has 2 N–H and O–H groups in total. The van der Waals surface area contributed by atoms with Crippen molar-refractivity contribution in [1.29, 1.82) is 0 Å². The van der Waals surface area contributed by atoms with E-state index in [1.54, 1.807) is 6.20 Å². The van der Waals surface area contributed by atoms with Crippen molar-refractivity contribution in [3.05, 3.63) is 54.0 Å². The zero-order valence-electron chi connectivity index (χ0n) is 10.2. The van der Waals surface area contributed by atoms with E-state index in [0.717, 1.165) is 28.0 Å². The smallest absolute Gasteiger partial charge is 0.0838 e. The monoisotopic (exact) mass is 238 g/mol. The first-order valence-electron chi connectivity index (χ1n) is 5.86. The molecule has 3 rings (SSSR count). The van der Waals surface area contributed by atoms with E-state index in [1.165, 1.54) is 0 Å². The van der Waals surface area contributed by atoms with Crippen molar-refractivity contribution < 1.29 is 0 Å². The Bertz CT molecular complexity index is 700. The second-order valence-corrected chi connectivity index (χ2v) is 4.35. The van der Waals surface area contributed by atoms with E-state index in [0.29, 0.717) is 6.54 Å². The molecule has 0 saturated heterocycles. The molecule has 2 heterocycles. The van der Waals surface area contributed by atoms with Crippen molar-refractivity contribution in [2.45, 2.75) is 13.5 Å². The Morgan fingerprint density at radius 3 is 2.83 bits per heavy atom. The lowest BCUT2D eigenvalue weighted by atomic mass is 10.2. The number of nitrogens with two attached hydrogens (primary N) is 1. The number of nitrogens with zero attached hydrogens (tertiary/aromatic N) is 3. The van der Waals surface area contributed by atoms with Crippen LogP contribution in [0.1, 0.15) is 11.4 Å². The van der Waals surface area contributed by atoms with Gasteiger partial charge in [-0.2, -0.15) is 5.10 Å². The average molecular weight is 238 g/mol. The Morgan fingerprint density at radius 1 is 1.17 bits per heavy atom. The summed E-state index contributed by atoms with van der Waals surface area (Å²) in [5.41, 5.74) is 9.74. The number of benzene rings is 1. The number of aryl methyl sites for hydroxylation is 1. The molecule has 1 aromatic carbocycles. The minimum Gasteiger partial charge on any atom is -0.398 e. The first-order valence-corrected chi connectivity index (χ1v) is 5.86. The van der Waals surface area contributed by atoms with Crippen LogP contribution in [0, 0.1) is 6.92 Å². The molecule has 0 aliphatic heterocycles. The Hall–Kier alpha value is -2.36. The molecule has 0 saturated carbocycles. The van der Waals surface area contributed by atoms with Crippen LogP contribution in [0.2, 0.25) is 0 Å². The van der Waals surface area contributed by atoms with Crippen LogP contribution in [-0.4, -0.2) is 14.8 Å². The van der Waals surface area contributed by atoms with Crippen LogP contribution in [0.4, 0.5) is 5.69 Å². The first kappa shape index (κ1) is 10.8. The molecule has 2 aromatic heterocycles. The fourth-order valence-corrected chi connectivity index (χ4v) is 2.09. The molecule has 0 atom stereocenters. The lowest BCUT2D eigenvalue weighted by molar-refractivity contribution is 0.694. The molecule has 0 bridgehead atoms. The molecule has 0 aliphatic carbocycles. The van der Waals surface area contributed by atoms with Crippen LogP contribution >= 0.6 is 0 Å². The Kier molecular flexibility index (Phi) is 2.48. The van der Waals surface area contributed by atoms with Gasteiger partial charge in [0.25, 0.3) is 0 Å². The highest BCUT2D eigenvalue weighted by atomic mass is 15.3. The summed E-state index contributed by atoms with van der Waals surface area (Å²) >= 11 is 0. The summed E-state index contributed by atoms with van der Waals surface area (Å²) in [7, 11) is 0.